The molecule has 4 heteroatoms. The number of nitrogen functional groups attached to an aromatic ring is 1. The standard InChI is InChI=1S/C11H11N3S/c12-9-4-6-10(7-5-9)15-14-11-3-1-2-8-13-11/h1-8H,12H2,(H,13,14). The van der Waals surface area contributed by atoms with Crippen molar-refractivity contribution in [1.82, 2.24) is 4.98 Å². The van der Waals surface area contributed by atoms with Gasteiger partial charge < -0.3 is 10.5 Å². The lowest BCUT2D eigenvalue weighted by atomic mass is 10.3. The number of pyridine rings is 1. The Kier molecular flexibility index (Phi) is 3.09. The Morgan fingerprint density at radius 3 is 2.53 bits per heavy atom. The molecule has 0 aliphatic carbocycles. The van der Waals surface area contributed by atoms with Crippen LogP contribution in [0, 0.1) is 0 Å². The zero-order valence-electron chi connectivity index (χ0n) is 8.05. The predicted octanol–water partition coefficient (Wildman–Crippen LogP) is 2.78. The minimum absolute atomic E-state index is 0.775. The van der Waals surface area contributed by atoms with Gasteiger partial charge in [0.25, 0.3) is 0 Å². The van der Waals surface area contributed by atoms with E-state index in [1.165, 1.54) is 11.9 Å². The van der Waals surface area contributed by atoms with Gasteiger partial charge in [-0.15, -0.1) is 0 Å². The zero-order chi connectivity index (χ0) is 10.5. The molecule has 3 N–H and O–H groups in total. The summed E-state index contributed by atoms with van der Waals surface area (Å²) < 4.78 is 3.15. The van der Waals surface area contributed by atoms with Gasteiger partial charge in [0, 0.05) is 16.8 Å². The van der Waals surface area contributed by atoms with E-state index in [4.69, 9.17) is 5.73 Å². The average Bonchev–Trinajstić information content (AvgIpc) is 2.30. The van der Waals surface area contributed by atoms with E-state index in [0.29, 0.717) is 0 Å². The third-order valence-corrected chi connectivity index (χ3v) is 2.64. The first kappa shape index (κ1) is 9.86. The molecule has 0 fully saturated rings. The molecule has 0 saturated carbocycles. The van der Waals surface area contributed by atoms with E-state index in [0.717, 1.165) is 16.4 Å². The Bertz CT molecular complexity index is 414. The van der Waals surface area contributed by atoms with Crippen molar-refractivity contribution >= 4 is 23.5 Å². The summed E-state index contributed by atoms with van der Waals surface area (Å²) in [5.41, 5.74) is 6.37. The number of benzene rings is 1. The fourth-order valence-electron chi connectivity index (χ4n) is 1.07. The quantitative estimate of drug-likeness (QED) is 0.613. The minimum atomic E-state index is 0.775. The van der Waals surface area contributed by atoms with E-state index < -0.39 is 0 Å². The highest BCUT2D eigenvalue weighted by atomic mass is 32.2. The largest absolute Gasteiger partial charge is 0.399 e. The van der Waals surface area contributed by atoms with E-state index in [1.54, 1.807) is 6.20 Å². The number of anilines is 2. The van der Waals surface area contributed by atoms with Crippen molar-refractivity contribution in [2.45, 2.75) is 4.90 Å². The molecule has 0 radical (unpaired) electrons. The highest BCUT2D eigenvalue weighted by molar-refractivity contribution is 8.00. The second kappa shape index (κ2) is 4.70. The molecular weight excluding hydrogens is 206 g/mol. The smallest absolute Gasteiger partial charge is 0.136 e. The third kappa shape index (κ3) is 2.89. The molecule has 3 nitrogen and oxygen atoms in total. The number of nitrogens with zero attached hydrogens (tertiary/aromatic N) is 1. The molecule has 15 heavy (non-hydrogen) atoms. The van der Waals surface area contributed by atoms with Crippen LogP contribution in [0.5, 0.6) is 0 Å². The fraction of sp³-hybridized carbons (Fsp3) is 0. The predicted molar refractivity (Wildman–Crippen MR) is 64.6 cm³/mol. The second-order valence-corrected chi connectivity index (χ2v) is 3.87. The third-order valence-electron chi connectivity index (χ3n) is 1.82. The van der Waals surface area contributed by atoms with Gasteiger partial charge in [0.15, 0.2) is 0 Å². The number of rotatable bonds is 3. The van der Waals surface area contributed by atoms with Crippen LogP contribution in [0.1, 0.15) is 0 Å². The summed E-state index contributed by atoms with van der Waals surface area (Å²) in [6.07, 6.45) is 1.76. The van der Waals surface area contributed by atoms with E-state index >= 15 is 0 Å². The number of hydrogen-bond donors (Lipinski definition) is 2. The van der Waals surface area contributed by atoms with Crippen LogP contribution in [0.3, 0.4) is 0 Å². The summed E-state index contributed by atoms with van der Waals surface area (Å²) in [4.78, 5) is 5.26. The van der Waals surface area contributed by atoms with Crippen molar-refractivity contribution in [1.29, 1.82) is 0 Å². The average molecular weight is 217 g/mol. The lowest BCUT2D eigenvalue weighted by molar-refractivity contribution is 1.33. The van der Waals surface area contributed by atoms with Crippen LogP contribution in [-0.2, 0) is 0 Å². The summed E-state index contributed by atoms with van der Waals surface area (Å²) in [6, 6.07) is 13.4. The summed E-state index contributed by atoms with van der Waals surface area (Å²) in [6.45, 7) is 0. The van der Waals surface area contributed by atoms with Crippen LogP contribution in [0.2, 0.25) is 0 Å². The molecule has 0 aliphatic rings. The van der Waals surface area contributed by atoms with E-state index in [9.17, 15) is 0 Å². The van der Waals surface area contributed by atoms with Crippen molar-refractivity contribution in [3.05, 3.63) is 48.7 Å². The molecule has 0 saturated heterocycles. The molecule has 1 aromatic heterocycles. The first-order valence-electron chi connectivity index (χ1n) is 4.54. The molecule has 1 heterocycles. The zero-order valence-corrected chi connectivity index (χ0v) is 8.87. The van der Waals surface area contributed by atoms with E-state index in [1.807, 2.05) is 42.5 Å². The van der Waals surface area contributed by atoms with Gasteiger partial charge in [0.05, 0.1) is 0 Å². The molecule has 0 bridgehead atoms. The Balaban J connectivity index is 1.96. The maximum Gasteiger partial charge on any atom is 0.136 e. The molecule has 0 spiro atoms. The molecule has 0 unspecified atom stereocenters. The summed E-state index contributed by atoms with van der Waals surface area (Å²) in [7, 11) is 0. The van der Waals surface area contributed by atoms with E-state index in [-0.39, 0.29) is 0 Å². The van der Waals surface area contributed by atoms with Crippen LogP contribution in [-0.4, -0.2) is 4.98 Å². The highest BCUT2D eigenvalue weighted by Gasteiger charge is 1.94. The highest BCUT2D eigenvalue weighted by Crippen LogP contribution is 2.20. The maximum absolute atomic E-state index is 5.59. The number of nitrogens with one attached hydrogen (secondary N) is 1. The summed E-state index contributed by atoms with van der Waals surface area (Å²) in [5, 5.41) is 0. The van der Waals surface area contributed by atoms with Gasteiger partial charge in [0.1, 0.15) is 5.82 Å². The Morgan fingerprint density at radius 1 is 1.07 bits per heavy atom. The molecule has 2 rings (SSSR count). The van der Waals surface area contributed by atoms with Crippen LogP contribution < -0.4 is 10.5 Å². The van der Waals surface area contributed by atoms with Crippen LogP contribution in [0.4, 0.5) is 11.5 Å². The van der Waals surface area contributed by atoms with Gasteiger partial charge in [-0.25, -0.2) is 4.98 Å². The molecule has 1 aromatic carbocycles. The molecular formula is C11H11N3S. The van der Waals surface area contributed by atoms with Gasteiger partial charge in [-0.3, -0.25) is 0 Å². The van der Waals surface area contributed by atoms with Crippen LogP contribution in [0.15, 0.2) is 53.6 Å². The van der Waals surface area contributed by atoms with Gasteiger partial charge in [0.2, 0.25) is 0 Å². The monoisotopic (exact) mass is 217 g/mol. The lowest BCUT2D eigenvalue weighted by Crippen LogP contribution is -1.89. The van der Waals surface area contributed by atoms with Gasteiger partial charge in [-0.1, -0.05) is 6.07 Å². The second-order valence-electron chi connectivity index (χ2n) is 2.99. The fourth-order valence-corrected chi connectivity index (χ4v) is 1.69. The molecule has 0 atom stereocenters. The van der Waals surface area contributed by atoms with E-state index in [2.05, 4.69) is 9.71 Å². The van der Waals surface area contributed by atoms with Crippen LogP contribution in [0.25, 0.3) is 0 Å². The van der Waals surface area contributed by atoms with Crippen LogP contribution >= 0.6 is 11.9 Å². The van der Waals surface area contributed by atoms with Gasteiger partial charge in [-0.05, 0) is 48.3 Å². The Morgan fingerprint density at radius 2 is 1.87 bits per heavy atom. The minimum Gasteiger partial charge on any atom is -0.399 e. The van der Waals surface area contributed by atoms with Gasteiger partial charge >= 0.3 is 0 Å². The number of aromatic nitrogens is 1. The Hall–Kier alpha value is -1.68. The molecule has 2 aromatic rings. The molecule has 0 aliphatic heterocycles. The van der Waals surface area contributed by atoms with Crippen molar-refractivity contribution in [3.63, 3.8) is 0 Å². The lowest BCUT2D eigenvalue weighted by Gasteiger charge is -2.03. The maximum atomic E-state index is 5.59. The first-order valence-corrected chi connectivity index (χ1v) is 5.36. The Labute approximate surface area is 92.9 Å². The molecule has 0 amide bonds. The normalized spacial score (nSPS) is 9.87. The first-order chi connectivity index (χ1) is 7.34. The van der Waals surface area contributed by atoms with Crippen molar-refractivity contribution < 1.29 is 0 Å². The van der Waals surface area contributed by atoms with Crippen molar-refractivity contribution in [3.8, 4) is 0 Å². The topological polar surface area (TPSA) is 50.9 Å². The number of nitrogens with two attached hydrogens (primary N) is 1. The van der Waals surface area contributed by atoms with Crippen molar-refractivity contribution in [2.75, 3.05) is 10.5 Å². The summed E-state index contributed by atoms with van der Waals surface area (Å²) >= 11 is 1.51. The number of hydrogen-bond acceptors (Lipinski definition) is 4. The molecule has 76 valence electrons. The van der Waals surface area contributed by atoms with Crippen molar-refractivity contribution in [2.24, 2.45) is 0 Å². The SMILES string of the molecule is Nc1ccc(SNc2ccccn2)cc1. The van der Waals surface area contributed by atoms with Gasteiger partial charge in [-0.2, -0.15) is 0 Å². The summed E-state index contributed by atoms with van der Waals surface area (Å²) in [5.74, 6) is 0.847.